The Morgan fingerprint density at radius 2 is 1.69 bits per heavy atom. The Morgan fingerprint density at radius 1 is 1.12 bits per heavy atom. The van der Waals surface area contributed by atoms with Crippen LogP contribution in [-0.2, 0) is 34.4 Å². The summed E-state index contributed by atoms with van der Waals surface area (Å²) in [6, 6.07) is 9.12. The number of carbonyl (C=O) groups is 2. The van der Waals surface area contributed by atoms with Crippen molar-refractivity contribution >= 4 is 12.1 Å². The highest BCUT2D eigenvalue weighted by molar-refractivity contribution is 5.86. The molecule has 0 aliphatic heterocycles. The Labute approximate surface area is 152 Å². The monoisotopic (exact) mass is 368 g/mol. The van der Waals surface area contributed by atoms with Gasteiger partial charge in [-0.15, -0.1) is 0 Å². The van der Waals surface area contributed by atoms with Crippen LogP contribution >= 0.6 is 0 Å². The van der Waals surface area contributed by atoms with Crippen LogP contribution in [0.25, 0.3) is 0 Å². The number of ether oxygens (including phenoxy) is 3. The highest BCUT2D eigenvalue weighted by Crippen LogP contribution is 2.28. The molecular formula is C18H24O8. The van der Waals surface area contributed by atoms with Crippen molar-refractivity contribution < 1.29 is 38.7 Å². The van der Waals surface area contributed by atoms with Gasteiger partial charge in [0, 0.05) is 12.5 Å². The molecule has 0 aromatic heterocycles. The van der Waals surface area contributed by atoms with Gasteiger partial charge < -0.3 is 14.6 Å². The van der Waals surface area contributed by atoms with Crippen LogP contribution in [0.1, 0.15) is 40.2 Å². The molecular weight excluding hydrogens is 344 g/mol. The minimum Gasteiger partial charge on any atom is -0.450 e. The van der Waals surface area contributed by atoms with Gasteiger partial charge >= 0.3 is 18.1 Å². The van der Waals surface area contributed by atoms with Crippen LogP contribution in [0, 0.1) is 0 Å². The summed E-state index contributed by atoms with van der Waals surface area (Å²) >= 11 is 0. The number of carboxylic acid groups (broad SMARTS) is 1. The van der Waals surface area contributed by atoms with Crippen LogP contribution in [0.4, 0.5) is 4.79 Å². The van der Waals surface area contributed by atoms with Crippen LogP contribution in [-0.4, -0.2) is 29.5 Å². The second kappa shape index (κ2) is 8.79. The van der Waals surface area contributed by atoms with E-state index in [1.807, 2.05) is 30.3 Å². The Balaban J connectivity index is 2.83. The summed E-state index contributed by atoms with van der Waals surface area (Å²) in [4.78, 5) is 33.0. The lowest BCUT2D eigenvalue weighted by Gasteiger charge is -2.32. The molecule has 0 spiro atoms. The summed E-state index contributed by atoms with van der Waals surface area (Å²) in [6.07, 6.45) is -2.85. The average molecular weight is 368 g/mol. The highest BCUT2D eigenvalue weighted by Gasteiger charge is 2.39. The molecule has 8 nitrogen and oxygen atoms in total. The lowest BCUT2D eigenvalue weighted by Crippen LogP contribution is -2.43. The summed E-state index contributed by atoms with van der Waals surface area (Å²) in [7, 11) is 0. The van der Waals surface area contributed by atoms with Gasteiger partial charge in [0.1, 0.15) is 5.60 Å². The first-order valence-electron chi connectivity index (χ1n) is 7.84. The summed E-state index contributed by atoms with van der Waals surface area (Å²) < 4.78 is 14.8. The van der Waals surface area contributed by atoms with Crippen molar-refractivity contribution in [2.24, 2.45) is 0 Å². The fraction of sp³-hybridized carbons (Fsp3) is 0.444. The van der Waals surface area contributed by atoms with Crippen molar-refractivity contribution in [1.29, 1.82) is 0 Å². The predicted octanol–water partition coefficient (Wildman–Crippen LogP) is 3.72. The topological polar surface area (TPSA) is 101 Å². The molecule has 1 aromatic rings. The van der Waals surface area contributed by atoms with Crippen molar-refractivity contribution in [1.82, 2.24) is 0 Å². The van der Waals surface area contributed by atoms with Crippen LogP contribution in [0.15, 0.2) is 42.5 Å². The molecule has 0 radical (unpaired) electrons. The van der Waals surface area contributed by atoms with Crippen LogP contribution in [0.3, 0.4) is 0 Å². The fourth-order valence-corrected chi connectivity index (χ4v) is 1.86. The van der Waals surface area contributed by atoms with E-state index in [4.69, 9.17) is 24.4 Å². The maximum Gasteiger partial charge on any atom is 0.510 e. The highest BCUT2D eigenvalue weighted by atomic mass is 17.3. The van der Waals surface area contributed by atoms with Crippen LogP contribution in [0.5, 0.6) is 0 Å². The zero-order valence-electron chi connectivity index (χ0n) is 15.5. The lowest BCUT2D eigenvalue weighted by atomic mass is 9.99. The van der Waals surface area contributed by atoms with Gasteiger partial charge in [-0.3, -0.25) is 4.74 Å². The second-order valence-electron chi connectivity index (χ2n) is 6.14. The van der Waals surface area contributed by atoms with Gasteiger partial charge in [-0.1, -0.05) is 36.9 Å². The number of rotatable bonds is 9. The summed E-state index contributed by atoms with van der Waals surface area (Å²) in [6.45, 7) is 10.9. The average Bonchev–Trinajstić information content (AvgIpc) is 2.53. The molecule has 0 amide bonds. The first kappa shape index (κ1) is 21.6. The van der Waals surface area contributed by atoms with Crippen molar-refractivity contribution in [3.8, 4) is 0 Å². The third-order valence-corrected chi connectivity index (χ3v) is 3.14. The fourth-order valence-electron chi connectivity index (χ4n) is 1.86. The van der Waals surface area contributed by atoms with Gasteiger partial charge in [-0.25, -0.2) is 14.5 Å². The zero-order chi connectivity index (χ0) is 20.0. The molecule has 0 heterocycles. The van der Waals surface area contributed by atoms with Gasteiger partial charge in [0.2, 0.25) is 6.29 Å². The predicted molar refractivity (Wildman–Crippen MR) is 90.6 cm³/mol. The Kier molecular flexibility index (Phi) is 7.31. The molecule has 0 fully saturated rings. The number of benzene rings is 1. The summed E-state index contributed by atoms with van der Waals surface area (Å²) in [5, 5.41) is 8.92. The normalized spacial score (nSPS) is 14.8. The van der Waals surface area contributed by atoms with E-state index in [9.17, 15) is 9.59 Å². The first-order valence-corrected chi connectivity index (χ1v) is 7.84. The smallest absolute Gasteiger partial charge is 0.450 e. The Hall–Kier alpha value is -2.42. The molecule has 0 saturated heterocycles. The van der Waals surface area contributed by atoms with Gasteiger partial charge in [-0.05, 0) is 33.3 Å². The number of carbonyl (C=O) groups excluding carboxylic acids is 1. The molecule has 8 heteroatoms. The van der Waals surface area contributed by atoms with Gasteiger partial charge in [0.15, 0.2) is 0 Å². The van der Waals surface area contributed by atoms with Crippen molar-refractivity contribution in [2.45, 2.75) is 52.5 Å². The quantitative estimate of drug-likeness (QED) is 0.231. The molecule has 2 atom stereocenters. The number of hydrogen-bond acceptors (Lipinski definition) is 7. The molecule has 144 valence electrons. The zero-order valence-corrected chi connectivity index (χ0v) is 15.5. The van der Waals surface area contributed by atoms with E-state index >= 15 is 0 Å². The van der Waals surface area contributed by atoms with Gasteiger partial charge in [0.25, 0.3) is 0 Å². The van der Waals surface area contributed by atoms with Crippen molar-refractivity contribution in [3.05, 3.63) is 48.0 Å². The third-order valence-electron chi connectivity index (χ3n) is 3.14. The molecule has 1 aromatic carbocycles. The third kappa shape index (κ3) is 6.83. The largest absolute Gasteiger partial charge is 0.510 e. The Bertz CT molecular complexity index is 640. The van der Waals surface area contributed by atoms with E-state index in [0.29, 0.717) is 0 Å². The van der Waals surface area contributed by atoms with E-state index in [1.54, 1.807) is 13.8 Å². The van der Waals surface area contributed by atoms with E-state index in [1.165, 1.54) is 20.8 Å². The second-order valence-corrected chi connectivity index (χ2v) is 6.14. The molecule has 0 saturated carbocycles. The lowest BCUT2D eigenvalue weighted by molar-refractivity contribution is -0.527. The van der Waals surface area contributed by atoms with E-state index in [2.05, 4.69) is 11.3 Å². The Morgan fingerprint density at radius 3 is 2.19 bits per heavy atom. The van der Waals surface area contributed by atoms with E-state index in [-0.39, 0.29) is 5.57 Å². The maximum atomic E-state index is 11.5. The van der Waals surface area contributed by atoms with Crippen molar-refractivity contribution in [2.75, 3.05) is 0 Å². The number of esters is 1. The minimum absolute atomic E-state index is 0.156. The van der Waals surface area contributed by atoms with E-state index < -0.39 is 30.0 Å². The molecule has 0 aliphatic carbocycles. The van der Waals surface area contributed by atoms with Crippen molar-refractivity contribution in [3.63, 3.8) is 0 Å². The molecule has 0 aliphatic rings. The van der Waals surface area contributed by atoms with Crippen LogP contribution in [0.2, 0.25) is 0 Å². The molecule has 1 rings (SSSR count). The summed E-state index contributed by atoms with van der Waals surface area (Å²) in [5.74, 6) is -2.88. The number of hydrogen-bond donors (Lipinski definition) is 1. The van der Waals surface area contributed by atoms with E-state index in [0.717, 1.165) is 5.56 Å². The SMILES string of the molecule is C=C(C)C(=O)OC(C)OC(C)(OOC(C)(C)c1ccccc1)OC(=O)O. The maximum absolute atomic E-state index is 11.5. The molecule has 2 unspecified atom stereocenters. The standard InChI is InChI=1S/C18H24O8/c1-12(2)15(19)22-13(3)23-18(6,24-16(20)21)26-25-17(4,5)14-10-8-7-9-11-14/h7-11,13H,1H2,2-6H3,(H,20,21). The molecule has 26 heavy (non-hydrogen) atoms. The summed E-state index contributed by atoms with van der Waals surface area (Å²) in [5.41, 5.74) is -0.00568. The van der Waals surface area contributed by atoms with Gasteiger partial charge in [0.05, 0.1) is 0 Å². The molecule has 0 bridgehead atoms. The van der Waals surface area contributed by atoms with Gasteiger partial charge in [-0.2, -0.15) is 4.89 Å². The first-order chi connectivity index (χ1) is 11.9. The minimum atomic E-state index is -2.17. The van der Waals surface area contributed by atoms with Crippen LogP contribution < -0.4 is 0 Å². The molecule has 1 N–H and O–H groups in total.